The van der Waals surface area contributed by atoms with Gasteiger partial charge in [-0.05, 0) is 13.8 Å². The van der Waals surface area contributed by atoms with E-state index >= 15 is 0 Å². The Labute approximate surface area is 102 Å². The predicted molar refractivity (Wildman–Crippen MR) is 65.7 cm³/mol. The SMILES string of the molecule is Cn1cc(C(C)(C)C(=O)N2CCNCC2)cn1. The van der Waals surface area contributed by atoms with Crippen molar-refractivity contribution in [2.75, 3.05) is 26.2 Å². The molecule has 2 heterocycles. The molecule has 2 rings (SSSR count). The van der Waals surface area contributed by atoms with Gasteiger partial charge in [0, 0.05) is 45.0 Å². The van der Waals surface area contributed by atoms with Crippen LogP contribution in [0.4, 0.5) is 0 Å². The van der Waals surface area contributed by atoms with Gasteiger partial charge >= 0.3 is 0 Å². The Morgan fingerprint density at radius 2 is 2.06 bits per heavy atom. The van der Waals surface area contributed by atoms with E-state index in [2.05, 4.69) is 10.4 Å². The van der Waals surface area contributed by atoms with E-state index in [1.165, 1.54) is 0 Å². The first-order chi connectivity index (χ1) is 8.01. The second kappa shape index (κ2) is 4.49. The number of hydrogen-bond donors (Lipinski definition) is 1. The summed E-state index contributed by atoms with van der Waals surface area (Å²) in [5.74, 6) is 0.187. The molecule has 1 saturated heterocycles. The van der Waals surface area contributed by atoms with E-state index in [9.17, 15) is 4.79 Å². The fourth-order valence-corrected chi connectivity index (χ4v) is 2.13. The van der Waals surface area contributed by atoms with Crippen molar-refractivity contribution in [2.24, 2.45) is 7.05 Å². The Morgan fingerprint density at radius 3 is 2.59 bits per heavy atom. The average molecular weight is 236 g/mol. The van der Waals surface area contributed by atoms with Crippen molar-refractivity contribution in [2.45, 2.75) is 19.3 Å². The summed E-state index contributed by atoms with van der Waals surface area (Å²) in [5.41, 5.74) is 0.481. The fraction of sp³-hybridized carbons (Fsp3) is 0.667. The average Bonchev–Trinajstić information content (AvgIpc) is 2.77. The van der Waals surface area contributed by atoms with Crippen LogP contribution in [-0.4, -0.2) is 46.8 Å². The van der Waals surface area contributed by atoms with Crippen molar-refractivity contribution in [3.63, 3.8) is 0 Å². The monoisotopic (exact) mass is 236 g/mol. The van der Waals surface area contributed by atoms with Crippen LogP contribution in [0.5, 0.6) is 0 Å². The van der Waals surface area contributed by atoms with Gasteiger partial charge in [-0.3, -0.25) is 9.48 Å². The van der Waals surface area contributed by atoms with Gasteiger partial charge in [-0.15, -0.1) is 0 Å². The molecule has 1 aromatic heterocycles. The number of hydrogen-bond acceptors (Lipinski definition) is 3. The van der Waals surface area contributed by atoms with Crippen molar-refractivity contribution >= 4 is 5.91 Å². The topological polar surface area (TPSA) is 50.2 Å². The summed E-state index contributed by atoms with van der Waals surface area (Å²) in [4.78, 5) is 14.4. The molecule has 0 bridgehead atoms. The molecule has 0 unspecified atom stereocenters. The highest BCUT2D eigenvalue weighted by molar-refractivity contribution is 5.87. The highest BCUT2D eigenvalue weighted by Crippen LogP contribution is 2.25. The zero-order chi connectivity index (χ0) is 12.5. The quantitative estimate of drug-likeness (QED) is 0.794. The molecular formula is C12H20N4O. The van der Waals surface area contributed by atoms with Crippen LogP contribution in [-0.2, 0) is 17.3 Å². The molecule has 1 aliphatic rings. The molecule has 1 aromatic rings. The van der Waals surface area contributed by atoms with Crippen LogP contribution < -0.4 is 5.32 Å². The van der Waals surface area contributed by atoms with E-state index in [0.29, 0.717) is 0 Å². The third-order valence-corrected chi connectivity index (χ3v) is 3.37. The third-order valence-electron chi connectivity index (χ3n) is 3.37. The largest absolute Gasteiger partial charge is 0.339 e. The maximum absolute atomic E-state index is 12.5. The number of carbonyl (C=O) groups is 1. The number of nitrogens with one attached hydrogen (secondary N) is 1. The first-order valence-electron chi connectivity index (χ1n) is 6.01. The first kappa shape index (κ1) is 12.1. The Hall–Kier alpha value is -1.36. The van der Waals surface area contributed by atoms with Crippen molar-refractivity contribution in [1.82, 2.24) is 20.0 Å². The number of amides is 1. The standard InChI is InChI=1S/C12H20N4O/c1-12(2,10-8-14-15(3)9-10)11(17)16-6-4-13-5-7-16/h8-9,13H,4-7H2,1-3H3. The van der Waals surface area contributed by atoms with Crippen molar-refractivity contribution < 1.29 is 4.79 Å². The molecule has 0 saturated carbocycles. The minimum atomic E-state index is -0.494. The van der Waals surface area contributed by atoms with Crippen LogP contribution in [0.3, 0.4) is 0 Å². The predicted octanol–water partition coefficient (Wildman–Crippen LogP) is 0.130. The molecule has 5 nitrogen and oxygen atoms in total. The molecule has 1 aliphatic heterocycles. The van der Waals surface area contributed by atoms with Gasteiger partial charge < -0.3 is 10.2 Å². The second-order valence-electron chi connectivity index (χ2n) is 5.07. The molecule has 0 aromatic carbocycles. The Kier molecular flexibility index (Phi) is 3.19. The van der Waals surface area contributed by atoms with E-state index in [1.54, 1.807) is 10.9 Å². The maximum atomic E-state index is 12.5. The number of nitrogens with zero attached hydrogens (tertiary/aromatic N) is 3. The molecule has 0 aliphatic carbocycles. The molecule has 1 amide bonds. The van der Waals surface area contributed by atoms with Crippen molar-refractivity contribution in [1.29, 1.82) is 0 Å². The van der Waals surface area contributed by atoms with Crippen LogP contribution in [0, 0.1) is 0 Å². The summed E-state index contributed by atoms with van der Waals surface area (Å²) in [6, 6.07) is 0. The van der Waals surface area contributed by atoms with Gasteiger partial charge in [0.15, 0.2) is 0 Å². The van der Waals surface area contributed by atoms with Gasteiger partial charge in [0.1, 0.15) is 0 Å². The van der Waals surface area contributed by atoms with Crippen LogP contribution in [0.1, 0.15) is 19.4 Å². The van der Waals surface area contributed by atoms with E-state index in [4.69, 9.17) is 0 Å². The fourth-order valence-electron chi connectivity index (χ4n) is 2.13. The summed E-state index contributed by atoms with van der Waals surface area (Å²) >= 11 is 0. The van der Waals surface area contributed by atoms with Crippen molar-refractivity contribution in [3.8, 4) is 0 Å². The van der Waals surface area contributed by atoms with Crippen LogP contribution in [0.25, 0.3) is 0 Å². The molecule has 0 spiro atoms. The number of aryl methyl sites for hydroxylation is 1. The van der Waals surface area contributed by atoms with Crippen LogP contribution in [0.2, 0.25) is 0 Å². The van der Waals surface area contributed by atoms with Crippen LogP contribution in [0.15, 0.2) is 12.4 Å². The van der Waals surface area contributed by atoms with E-state index < -0.39 is 5.41 Å². The number of piperazine rings is 1. The van der Waals surface area contributed by atoms with Gasteiger partial charge in [0.25, 0.3) is 0 Å². The van der Waals surface area contributed by atoms with E-state index in [1.807, 2.05) is 32.0 Å². The number of aromatic nitrogens is 2. The molecule has 1 fully saturated rings. The summed E-state index contributed by atoms with van der Waals surface area (Å²) in [6.45, 7) is 7.29. The normalized spacial score (nSPS) is 17.2. The summed E-state index contributed by atoms with van der Waals surface area (Å²) in [7, 11) is 1.87. The molecule has 1 N–H and O–H groups in total. The zero-order valence-electron chi connectivity index (χ0n) is 10.7. The molecular weight excluding hydrogens is 216 g/mol. The van der Waals surface area contributed by atoms with E-state index in [0.717, 1.165) is 31.7 Å². The number of rotatable bonds is 2. The van der Waals surface area contributed by atoms with Gasteiger partial charge in [-0.25, -0.2) is 0 Å². The zero-order valence-corrected chi connectivity index (χ0v) is 10.7. The van der Waals surface area contributed by atoms with Gasteiger partial charge in [-0.1, -0.05) is 0 Å². The first-order valence-corrected chi connectivity index (χ1v) is 6.01. The molecule has 94 valence electrons. The Bertz CT molecular complexity index is 404. The lowest BCUT2D eigenvalue weighted by molar-refractivity contribution is -0.136. The third kappa shape index (κ3) is 2.34. The summed E-state index contributed by atoms with van der Waals surface area (Å²) in [5, 5.41) is 7.40. The maximum Gasteiger partial charge on any atom is 0.232 e. The lowest BCUT2D eigenvalue weighted by Crippen LogP contribution is -2.51. The minimum Gasteiger partial charge on any atom is -0.339 e. The molecule has 0 radical (unpaired) electrons. The second-order valence-corrected chi connectivity index (χ2v) is 5.07. The highest BCUT2D eigenvalue weighted by atomic mass is 16.2. The molecule has 5 heteroatoms. The Balaban J connectivity index is 2.16. The van der Waals surface area contributed by atoms with Gasteiger partial charge in [0.05, 0.1) is 11.6 Å². The van der Waals surface area contributed by atoms with Crippen molar-refractivity contribution in [3.05, 3.63) is 18.0 Å². The lowest BCUT2D eigenvalue weighted by Gasteiger charge is -2.34. The van der Waals surface area contributed by atoms with Gasteiger partial charge in [-0.2, -0.15) is 5.10 Å². The smallest absolute Gasteiger partial charge is 0.232 e. The van der Waals surface area contributed by atoms with E-state index in [-0.39, 0.29) is 5.91 Å². The van der Waals surface area contributed by atoms with Gasteiger partial charge in [0.2, 0.25) is 5.91 Å². The Morgan fingerprint density at radius 1 is 1.41 bits per heavy atom. The summed E-state index contributed by atoms with van der Waals surface area (Å²) < 4.78 is 1.74. The number of carbonyl (C=O) groups excluding carboxylic acids is 1. The minimum absolute atomic E-state index is 0.187. The molecule has 0 atom stereocenters. The summed E-state index contributed by atoms with van der Waals surface area (Å²) in [6.07, 6.45) is 3.69. The lowest BCUT2D eigenvalue weighted by atomic mass is 9.85. The highest BCUT2D eigenvalue weighted by Gasteiger charge is 2.35. The van der Waals surface area contributed by atoms with Crippen LogP contribution >= 0.6 is 0 Å². The molecule has 17 heavy (non-hydrogen) atoms.